The molecule has 0 bridgehead atoms. The zero-order chi connectivity index (χ0) is 26.6. The van der Waals surface area contributed by atoms with Crippen molar-refractivity contribution >= 4 is 39.9 Å². The van der Waals surface area contributed by atoms with Crippen molar-refractivity contribution < 1.29 is 38.4 Å². The molecule has 2 N–H and O–H groups in total. The number of amides is 1. The van der Waals surface area contributed by atoms with Gasteiger partial charge in [0.2, 0.25) is 12.6 Å². The Balaban J connectivity index is 1.50. The van der Waals surface area contributed by atoms with E-state index in [4.69, 9.17) is 30.2 Å². The van der Waals surface area contributed by atoms with Gasteiger partial charge in [-0.3, -0.25) is 14.5 Å². The smallest absolute Gasteiger partial charge is 0.294 e. The molecular formula is C28H20ClNO8. The number of nitrogens with zero attached hydrogens (tertiary/aromatic N) is 1. The summed E-state index contributed by atoms with van der Waals surface area (Å²) in [6.45, 7) is 2.08. The first kappa shape index (κ1) is 23.7. The van der Waals surface area contributed by atoms with E-state index in [-0.39, 0.29) is 36.2 Å². The van der Waals surface area contributed by atoms with Gasteiger partial charge in [0.05, 0.1) is 18.2 Å². The lowest BCUT2D eigenvalue weighted by Crippen LogP contribution is -2.31. The van der Waals surface area contributed by atoms with Gasteiger partial charge in [-0.15, -0.1) is 0 Å². The Morgan fingerprint density at radius 1 is 1.05 bits per heavy atom. The lowest BCUT2D eigenvalue weighted by atomic mass is 9.94. The highest BCUT2D eigenvalue weighted by Gasteiger charge is 2.46. The number of Topliss-reactive ketones (excluding diaryl/α,β-unsaturated/α-hetero) is 1. The van der Waals surface area contributed by atoms with Crippen LogP contribution in [0.5, 0.6) is 23.0 Å². The van der Waals surface area contributed by atoms with Crippen molar-refractivity contribution in [1.29, 1.82) is 0 Å². The van der Waals surface area contributed by atoms with Gasteiger partial charge in [-0.05, 0) is 61.0 Å². The number of aromatic hydroxyl groups is 1. The molecule has 192 valence electrons. The molecule has 3 heterocycles. The summed E-state index contributed by atoms with van der Waals surface area (Å²) < 4.78 is 22.2. The molecule has 0 saturated heterocycles. The minimum absolute atomic E-state index is 0.0369. The Morgan fingerprint density at radius 2 is 1.87 bits per heavy atom. The molecule has 6 rings (SSSR count). The lowest BCUT2D eigenvalue weighted by molar-refractivity contribution is -0.117. The fraction of sp³-hybridized carbons (Fsp3) is 0.143. The van der Waals surface area contributed by atoms with Gasteiger partial charge >= 0.3 is 0 Å². The average molecular weight is 534 g/mol. The number of ketones is 1. The minimum Gasteiger partial charge on any atom is -0.504 e. The summed E-state index contributed by atoms with van der Waals surface area (Å²) >= 11 is 6.08. The van der Waals surface area contributed by atoms with Crippen LogP contribution in [0.3, 0.4) is 0 Å². The Hall–Kier alpha value is -4.63. The van der Waals surface area contributed by atoms with Crippen LogP contribution in [0, 0.1) is 0 Å². The van der Waals surface area contributed by atoms with E-state index in [1.54, 1.807) is 49.4 Å². The van der Waals surface area contributed by atoms with Crippen LogP contribution in [0.25, 0.3) is 11.0 Å². The standard InChI is InChI=1S/C28H20ClNO8/c1-2-35-21-10-14(3-6-18(21)31)25-24(26(32)23-11-15-9-16(29)4-7-19(15)38-23)27(33)28(34)30(25)17-5-8-20-22(12-17)37-13-36-20/h3-12,25,31,33H,2,13H2,1H3. The van der Waals surface area contributed by atoms with Gasteiger partial charge in [-0.2, -0.15) is 0 Å². The Bertz CT molecular complexity index is 1660. The van der Waals surface area contributed by atoms with E-state index in [1.807, 2.05) is 0 Å². The maximum absolute atomic E-state index is 13.8. The number of rotatable bonds is 6. The SMILES string of the molecule is CCOc1cc(C2C(C(=O)c3cc4cc(Cl)ccc4o3)=C(O)C(=O)N2c2ccc3c(c2)OCO3)ccc1O. The number of aliphatic hydroxyl groups is 1. The maximum Gasteiger partial charge on any atom is 0.294 e. The van der Waals surface area contributed by atoms with Crippen molar-refractivity contribution in [3.63, 3.8) is 0 Å². The maximum atomic E-state index is 13.8. The molecule has 4 aromatic rings. The van der Waals surface area contributed by atoms with E-state index in [1.165, 1.54) is 23.1 Å². The number of halogens is 1. The van der Waals surface area contributed by atoms with Gasteiger partial charge in [-0.1, -0.05) is 17.7 Å². The topological polar surface area (TPSA) is 119 Å². The molecule has 1 amide bonds. The van der Waals surface area contributed by atoms with Crippen LogP contribution in [0.4, 0.5) is 5.69 Å². The molecule has 1 unspecified atom stereocenters. The summed E-state index contributed by atoms with van der Waals surface area (Å²) in [5.41, 5.74) is 1.02. The molecule has 10 heteroatoms. The predicted molar refractivity (Wildman–Crippen MR) is 137 cm³/mol. The molecule has 1 aromatic heterocycles. The third-order valence-corrected chi connectivity index (χ3v) is 6.62. The van der Waals surface area contributed by atoms with E-state index >= 15 is 0 Å². The number of anilines is 1. The van der Waals surface area contributed by atoms with Crippen LogP contribution >= 0.6 is 11.6 Å². The first-order valence-electron chi connectivity index (χ1n) is 11.7. The third kappa shape index (κ3) is 3.79. The highest BCUT2D eigenvalue weighted by Crippen LogP contribution is 2.46. The van der Waals surface area contributed by atoms with Gasteiger partial charge in [0.15, 0.2) is 34.5 Å². The fourth-order valence-electron chi connectivity index (χ4n) is 4.68. The van der Waals surface area contributed by atoms with Crippen molar-refractivity contribution in [2.75, 3.05) is 18.3 Å². The van der Waals surface area contributed by atoms with Crippen LogP contribution in [-0.4, -0.2) is 35.3 Å². The third-order valence-electron chi connectivity index (χ3n) is 6.39. The number of hydrogen-bond donors (Lipinski definition) is 2. The largest absolute Gasteiger partial charge is 0.504 e. The Morgan fingerprint density at radius 3 is 2.68 bits per heavy atom. The van der Waals surface area contributed by atoms with Crippen LogP contribution in [0.15, 0.2) is 76.4 Å². The summed E-state index contributed by atoms with van der Waals surface area (Å²) in [5.74, 6) is -1.27. The van der Waals surface area contributed by atoms with Crippen LogP contribution < -0.4 is 19.1 Å². The monoisotopic (exact) mass is 533 g/mol. The number of benzene rings is 3. The van der Waals surface area contributed by atoms with Crippen molar-refractivity contribution in [2.24, 2.45) is 0 Å². The summed E-state index contributed by atoms with van der Waals surface area (Å²) in [7, 11) is 0. The predicted octanol–water partition coefficient (Wildman–Crippen LogP) is 5.70. The summed E-state index contributed by atoms with van der Waals surface area (Å²) in [6.07, 6.45) is 0. The molecule has 0 aliphatic carbocycles. The molecule has 1 atom stereocenters. The number of fused-ring (bicyclic) bond motifs is 2. The summed E-state index contributed by atoms with van der Waals surface area (Å²) in [6, 6.07) is 14.7. The van der Waals surface area contributed by atoms with Crippen molar-refractivity contribution in [3.05, 3.63) is 88.3 Å². The Labute approximate surface area is 221 Å². The van der Waals surface area contributed by atoms with Crippen molar-refractivity contribution in [2.45, 2.75) is 13.0 Å². The Kier molecular flexibility index (Phi) is 5.65. The zero-order valence-electron chi connectivity index (χ0n) is 19.9. The fourth-order valence-corrected chi connectivity index (χ4v) is 4.87. The number of aliphatic hydroxyl groups excluding tert-OH is 1. The van der Waals surface area contributed by atoms with Gasteiger partial charge < -0.3 is 28.8 Å². The quantitative estimate of drug-likeness (QED) is 0.303. The molecule has 3 aromatic carbocycles. The molecule has 0 fully saturated rings. The number of ether oxygens (including phenoxy) is 3. The molecule has 38 heavy (non-hydrogen) atoms. The van der Waals surface area contributed by atoms with Gasteiger partial charge in [0.1, 0.15) is 5.58 Å². The number of carbonyl (C=O) groups excluding carboxylic acids is 2. The highest BCUT2D eigenvalue weighted by molar-refractivity contribution is 6.31. The van der Waals surface area contributed by atoms with E-state index in [2.05, 4.69) is 0 Å². The minimum atomic E-state index is -1.08. The van der Waals surface area contributed by atoms with E-state index in [0.29, 0.717) is 38.7 Å². The van der Waals surface area contributed by atoms with Crippen LogP contribution in [0.2, 0.25) is 5.02 Å². The normalized spacial score (nSPS) is 16.5. The number of phenolic OH excluding ortho intramolecular Hbond substituents is 1. The first-order valence-corrected chi connectivity index (χ1v) is 12.1. The number of furan rings is 1. The summed E-state index contributed by atoms with van der Waals surface area (Å²) in [4.78, 5) is 28.6. The van der Waals surface area contributed by atoms with Gasteiger partial charge in [0.25, 0.3) is 5.91 Å². The van der Waals surface area contributed by atoms with E-state index < -0.39 is 23.5 Å². The second-order valence-electron chi connectivity index (χ2n) is 8.66. The molecule has 9 nitrogen and oxygen atoms in total. The average Bonchev–Trinajstić information content (AvgIpc) is 3.61. The van der Waals surface area contributed by atoms with Gasteiger partial charge in [0, 0.05) is 22.2 Å². The lowest BCUT2D eigenvalue weighted by Gasteiger charge is -2.27. The number of carbonyl (C=O) groups is 2. The second kappa shape index (κ2) is 9.04. The second-order valence-corrected chi connectivity index (χ2v) is 9.10. The number of phenols is 1. The highest BCUT2D eigenvalue weighted by atomic mass is 35.5. The molecule has 2 aliphatic rings. The van der Waals surface area contributed by atoms with Gasteiger partial charge in [-0.25, -0.2) is 0 Å². The number of hydrogen-bond acceptors (Lipinski definition) is 8. The molecule has 2 aliphatic heterocycles. The molecular weight excluding hydrogens is 514 g/mol. The molecule has 0 spiro atoms. The van der Waals surface area contributed by atoms with Crippen molar-refractivity contribution in [1.82, 2.24) is 0 Å². The molecule has 0 radical (unpaired) electrons. The first-order chi connectivity index (χ1) is 18.4. The van der Waals surface area contributed by atoms with Crippen molar-refractivity contribution in [3.8, 4) is 23.0 Å². The van der Waals surface area contributed by atoms with E-state index in [9.17, 15) is 19.8 Å². The van der Waals surface area contributed by atoms with E-state index in [0.717, 1.165) is 0 Å². The molecule has 0 saturated carbocycles. The summed E-state index contributed by atoms with van der Waals surface area (Å²) in [5, 5.41) is 22.4. The zero-order valence-corrected chi connectivity index (χ0v) is 20.7. The van der Waals surface area contributed by atoms with Crippen LogP contribution in [0.1, 0.15) is 29.1 Å². The van der Waals surface area contributed by atoms with Crippen LogP contribution in [-0.2, 0) is 4.79 Å².